The zero-order chi connectivity index (χ0) is 15.1. The highest BCUT2D eigenvalue weighted by molar-refractivity contribution is 6.31. The van der Waals surface area contributed by atoms with Gasteiger partial charge >= 0.3 is 6.03 Å². The van der Waals surface area contributed by atoms with E-state index in [1.165, 1.54) is 0 Å². The van der Waals surface area contributed by atoms with Crippen LogP contribution in [0, 0.1) is 0 Å². The molecule has 0 saturated heterocycles. The lowest BCUT2D eigenvalue weighted by Crippen LogP contribution is -2.36. The van der Waals surface area contributed by atoms with E-state index in [9.17, 15) is 4.79 Å². The molecule has 0 aromatic heterocycles. The van der Waals surface area contributed by atoms with Crippen molar-refractivity contribution in [2.45, 2.75) is 13.0 Å². The van der Waals surface area contributed by atoms with Crippen molar-refractivity contribution >= 4 is 29.2 Å². The van der Waals surface area contributed by atoms with Crippen LogP contribution in [0.2, 0.25) is 10.0 Å². The van der Waals surface area contributed by atoms with Crippen molar-refractivity contribution in [1.29, 1.82) is 0 Å². The number of hydrogen-bond donors (Lipinski definition) is 2. The first-order chi connectivity index (χ1) is 10.1. The minimum Gasteiger partial charge on any atom is -0.338 e. The van der Waals surface area contributed by atoms with Gasteiger partial charge in [0, 0.05) is 23.1 Å². The molecule has 0 saturated carbocycles. The van der Waals surface area contributed by atoms with Gasteiger partial charge < -0.3 is 10.6 Å². The van der Waals surface area contributed by atoms with Crippen LogP contribution in [0.5, 0.6) is 0 Å². The van der Waals surface area contributed by atoms with Crippen LogP contribution in [0.1, 0.15) is 11.1 Å². The molecule has 0 bridgehead atoms. The molecule has 0 fully saturated rings. The number of rotatable bonds is 5. The van der Waals surface area contributed by atoms with Gasteiger partial charge in [0.1, 0.15) is 0 Å². The SMILES string of the molecule is O=C(NCCc1ccccc1Cl)NCc1cccc(Cl)c1. The molecule has 21 heavy (non-hydrogen) atoms. The summed E-state index contributed by atoms with van der Waals surface area (Å²) in [7, 11) is 0. The summed E-state index contributed by atoms with van der Waals surface area (Å²) in [4.78, 5) is 11.7. The largest absolute Gasteiger partial charge is 0.338 e. The van der Waals surface area contributed by atoms with E-state index in [-0.39, 0.29) is 6.03 Å². The van der Waals surface area contributed by atoms with Gasteiger partial charge in [-0.15, -0.1) is 0 Å². The maximum absolute atomic E-state index is 11.7. The predicted molar refractivity (Wildman–Crippen MR) is 86.8 cm³/mol. The van der Waals surface area contributed by atoms with Gasteiger partial charge in [0.25, 0.3) is 0 Å². The summed E-state index contributed by atoms with van der Waals surface area (Å²) >= 11 is 11.9. The highest BCUT2D eigenvalue weighted by Gasteiger charge is 2.02. The highest BCUT2D eigenvalue weighted by Crippen LogP contribution is 2.14. The molecular formula is C16H16Cl2N2O. The predicted octanol–water partition coefficient (Wildman–Crippen LogP) is 4.04. The first-order valence-electron chi connectivity index (χ1n) is 6.65. The highest BCUT2D eigenvalue weighted by atomic mass is 35.5. The molecule has 2 amide bonds. The number of carbonyl (C=O) groups excluding carboxylic acids is 1. The Bertz CT molecular complexity index is 617. The van der Waals surface area contributed by atoms with E-state index in [1.54, 1.807) is 6.07 Å². The molecule has 5 heteroatoms. The van der Waals surface area contributed by atoms with Gasteiger partial charge in [0.15, 0.2) is 0 Å². The number of hydrogen-bond acceptors (Lipinski definition) is 1. The van der Waals surface area contributed by atoms with Gasteiger partial charge in [-0.25, -0.2) is 4.79 Å². The minimum absolute atomic E-state index is 0.206. The average Bonchev–Trinajstić information content (AvgIpc) is 2.47. The number of benzene rings is 2. The van der Waals surface area contributed by atoms with Crippen LogP contribution >= 0.6 is 23.2 Å². The van der Waals surface area contributed by atoms with Crippen molar-refractivity contribution in [1.82, 2.24) is 10.6 Å². The third-order valence-corrected chi connectivity index (χ3v) is 3.58. The van der Waals surface area contributed by atoms with Crippen molar-refractivity contribution in [3.8, 4) is 0 Å². The molecule has 0 spiro atoms. The van der Waals surface area contributed by atoms with E-state index in [0.29, 0.717) is 24.5 Å². The molecule has 0 aliphatic heterocycles. The molecule has 0 heterocycles. The molecule has 3 nitrogen and oxygen atoms in total. The Labute approximate surface area is 134 Å². The standard InChI is InChI=1S/C16H16Cl2N2O/c17-14-6-3-4-12(10-14)11-20-16(21)19-9-8-13-5-1-2-7-15(13)18/h1-7,10H,8-9,11H2,(H2,19,20,21). The van der Waals surface area contributed by atoms with Gasteiger partial charge in [-0.1, -0.05) is 53.5 Å². The maximum atomic E-state index is 11.7. The Hall–Kier alpha value is -1.71. The summed E-state index contributed by atoms with van der Waals surface area (Å²) in [6, 6.07) is 14.8. The molecular weight excluding hydrogens is 307 g/mol. The quantitative estimate of drug-likeness (QED) is 0.857. The van der Waals surface area contributed by atoms with Gasteiger partial charge in [-0.2, -0.15) is 0 Å². The number of amides is 2. The van der Waals surface area contributed by atoms with E-state index in [2.05, 4.69) is 10.6 Å². The zero-order valence-electron chi connectivity index (χ0n) is 11.4. The van der Waals surface area contributed by atoms with Crippen molar-refractivity contribution < 1.29 is 4.79 Å². The van der Waals surface area contributed by atoms with E-state index in [1.807, 2.05) is 42.5 Å². The third-order valence-electron chi connectivity index (χ3n) is 2.98. The molecule has 0 radical (unpaired) electrons. The van der Waals surface area contributed by atoms with Crippen LogP contribution in [-0.4, -0.2) is 12.6 Å². The van der Waals surface area contributed by atoms with Crippen LogP contribution in [0.15, 0.2) is 48.5 Å². The second-order valence-corrected chi connectivity index (χ2v) is 5.42. The summed E-state index contributed by atoms with van der Waals surface area (Å²) < 4.78 is 0. The van der Waals surface area contributed by atoms with Crippen LogP contribution in [0.3, 0.4) is 0 Å². The van der Waals surface area contributed by atoms with Gasteiger partial charge in [0.05, 0.1) is 0 Å². The average molecular weight is 323 g/mol. The van der Waals surface area contributed by atoms with E-state index >= 15 is 0 Å². The number of halogens is 2. The van der Waals surface area contributed by atoms with Crippen molar-refractivity contribution in [2.24, 2.45) is 0 Å². The van der Waals surface area contributed by atoms with Gasteiger partial charge in [0.2, 0.25) is 0 Å². The monoisotopic (exact) mass is 322 g/mol. The molecule has 0 aliphatic rings. The first kappa shape index (κ1) is 15.7. The lowest BCUT2D eigenvalue weighted by Gasteiger charge is -2.08. The van der Waals surface area contributed by atoms with Crippen LogP contribution in [0.4, 0.5) is 4.79 Å². The molecule has 0 unspecified atom stereocenters. The Kier molecular flexibility index (Phi) is 5.90. The fraction of sp³-hybridized carbons (Fsp3) is 0.188. The molecule has 2 aromatic carbocycles. The summed E-state index contributed by atoms with van der Waals surface area (Å²) in [6.45, 7) is 0.976. The van der Waals surface area contributed by atoms with Crippen molar-refractivity contribution in [3.05, 3.63) is 69.7 Å². The van der Waals surface area contributed by atoms with Gasteiger partial charge in [-0.3, -0.25) is 0 Å². The Morgan fingerprint density at radius 3 is 2.57 bits per heavy atom. The van der Waals surface area contributed by atoms with Gasteiger partial charge in [-0.05, 0) is 35.7 Å². The Morgan fingerprint density at radius 2 is 1.81 bits per heavy atom. The molecule has 2 aromatic rings. The second-order valence-electron chi connectivity index (χ2n) is 4.58. The topological polar surface area (TPSA) is 41.1 Å². The molecule has 110 valence electrons. The Balaban J connectivity index is 1.72. The molecule has 2 rings (SSSR count). The number of carbonyl (C=O) groups is 1. The molecule has 2 N–H and O–H groups in total. The number of urea groups is 1. The number of nitrogens with one attached hydrogen (secondary N) is 2. The molecule has 0 atom stereocenters. The lowest BCUT2D eigenvalue weighted by molar-refractivity contribution is 0.240. The zero-order valence-corrected chi connectivity index (χ0v) is 12.9. The summed E-state index contributed by atoms with van der Waals surface area (Å²) in [5.74, 6) is 0. The lowest BCUT2D eigenvalue weighted by atomic mass is 10.1. The van der Waals surface area contributed by atoms with Crippen molar-refractivity contribution in [3.63, 3.8) is 0 Å². The van der Waals surface area contributed by atoms with Crippen molar-refractivity contribution in [2.75, 3.05) is 6.54 Å². The summed E-state index contributed by atoms with van der Waals surface area (Å²) in [6.07, 6.45) is 0.699. The fourth-order valence-electron chi connectivity index (χ4n) is 1.90. The van der Waals surface area contributed by atoms with E-state index < -0.39 is 0 Å². The summed E-state index contributed by atoms with van der Waals surface area (Å²) in [5, 5.41) is 6.97. The second kappa shape index (κ2) is 7.91. The smallest absolute Gasteiger partial charge is 0.315 e. The minimum atomic E-state index is -0.206. The summed E-state index contributed by atoms with van der Waals surface area (Å²) in [5.41, 5.74) is 1.98. The Morgan fingerprint density at radius 1 is 1.00 bits per heavy atom. The maximum Gasteiger partial charge on any atom is 0.315 e. The normalized spacial score (nSPS) is 10.2. The first-order valence-corrected chi connectivity index (χ1v) is 7.40. The third kappa shape index (κ3) is 5.29. The van der Waals surface area contributed by atoms with E-state index in [4.69, 9.17) is 23.2 Å². The van der Waals surface area contributed by atoms with Crippen LogP contribution in [0.25, 0.3) is 0 Å². The fourth-order valence-corrected chi connectivity index (χ4v) is 2.35. The van der Waals surface area contributed by atoms with E-state index in [0.717, 1.165) is 16.1 Å². The molecule has 0 aliphatic carbocycles. The van der Waals surface area contributed by atoms with Crippen LogP contribution in [-0.2, 0) is 13.0 Å². The van der Waals surface area contributed by atoms with Crippen LogP contribution < -0.4 is 10.6 Å².